The number of carbonyl (C=O) groups excluding carboxylic acids is 12. The van der Waals surface area contributed by atoms with Crippen LogP contribution >= 0.6 is 0 Å². The van der Waals surface area contributed by atoms with Gasteiger partial charge in [0.1, 0.15) is 22.4 Å². The van der Waals surface area contributed by atoms with E-state index in [1.165, 1.54) is 122 Å². The van der Waals surface area contributed by atoms with E-state index in [9.17, 15) is 78.0 Å². The molecule has 0 aromatic rings. The van der Waals surface area contributed by atoms with Crippen molar-refractivity contribution in [3.05, 3.63) is 0 Å². The van der Waals surface area contributed by atoms with Crippen molar-refractivity contribution in [1.29, 1.82) is 0 Å². The van der Waals surface area contributed by atoms with Crippen LogP contribution < -0.4 is 0 Å². The van der Waals surface area contributed by atoms with Gasteiger partial charge in [-0.25, -0.2) is 0 Å². The third-order valence-electron chi connectivity index (χ3n) is 43.4. The van der Waals surface area contributed by atoms with E-state index in [2.05, 4.69) is 95.1 Å². The number of aliphatic hydroxyl groups is 4. The Morgan fingerprint density at radius 1 is 0.295 bits per heavy atom. The Hall–Kier alpha value is -5.72. The highest BCUT2D eigenvalue weighted by atomic mass is 16.6. The minimum atomic E-state index is -0.925. The normalized spacial score (nSPS) is 43.5. The molecule has 35 unspecified atom stereocenters. The summed E-state index contributed by atoms with van der Waals surface area (Å²) in [6, 6.07) is 0. The van der Waals surface area contributed by atoms with Crippen molar-refractivity contribution in [2.75, 3.05) is 0 Å². The summed E-state index contributed by atoms with van der Waals surface area (Å²) in [7, 11) is 0. The number of carbonyl (C=O) groups is 12. The van der Waals surface area contributed by atoms with E-state index in [1.54, 1.807) is 55.4 Å². The lowest BCUT2D eigenvalue weighted by Gasteiger charge is -2.60. The van der Waals surface area contributed by atoms with Gasteiger partial charge in [-0.2, -0.15) is 0 Å². The Kier molecular flexibility index (Phi) is 34.8. The Labute approximate surface area is 831 Å². The quantitative estimate of drug-likeness (QED) is 0.0500. The fraction of sp³-hybridized carbons (Fsp3) is 0.896. The number of hydrogen-bond donors (Lipinski definition) is 4. The molecule has 4 N–H and O–H groups in total. The maximum Gasteiger partial charge on any atom is 0.317 e. The molecule has 0 radical (unpaired) electrons. The molecule has 21 aliphatic rings. The van der Waals surface area contributed by atoms with Crippen molar-refractivity contribution >= 4 is 71.6 Å². The molecule has 35 atom stereocenters. The summed E-state index contributed by atoms with van der Waals surface area (Å²) >= 11 is 0. The molecule has 4 heterocycles. The van der Waals surface area contributed by atoms with Crippen molar-refractivity contribution in [3.63, 3.8) is 0 Å². The molecule has 0 aromatic heterocycles. The van der Waals surface area contributed by atoms with Gasteiger partial charge >= 0.3 is 71.6 Å². The molecule has 17 aliphatic carbocycles. The van der Waals surface area contributed by atoms with Gasteiger partial charge in [0.05, 0.1) is 95.4 Å². The number of fused-ring (bicyclic) bond motifs is 10. The maximum atomic E-state index is 13.1. The molecule has 24 heteroatoms. The molecule has 786 valence electrons. The zero-order valence-electron chi connectivity index (χ0n) is 89.3. The van der Waals surface area contributed by atoms with Gasteiger partial charge in [0.2, 0.25) is 0 Å². The predicted molar refractivity (Wildman–Crippen MR) is 523 cm³/mol. The van der Waals surface area contributed by atoms with Crippen molar-refractivity contribution in [2.45, 2.75) is 442 Å². The molecule has 0 amide bonds. The number of esters is 12. The van der Waals surface area contributed by atoms with Crippen LogP contribution in [0.15, 0.2) is 0 Å². The van der Waals surface area contributed by atoms with Crippen LogP contribution in [0.4, 0.5) is 0 Å². The highest BCUT2D eigenvalue weighted by molar-refractivity contribution is 5.97. The average molecular weight is 1950 g/mol. The van der Waals surface area contributed by atoms with Gasteiger partial charge in [-0.1, -0.05) is 151 Å². The molecule has 4 saturated heterocycles. The zero-order valence-corrected chi connectivity index (χ0v) is 89.3. The van der Waals surface area contributed by atoms with Crippen LogP contribution in [-0.2, 0) is 95.4 Å². The lowest BCUT2D eigenvalue weighted by molar-refractivity contribution is -0.215. The van der Waals surface area contributed by atoms with Crippen molar-refractivity contribution < 1.29 is 116 Å². The monoisotopic (exact) mass is 1950 g/mol. The first kappa shape index (κ1) is 110. The van der Waals surface area contributed by atoms with Crippen molar-refractivity contribution in [2.24, 2.45) is 207 Å². The Morgan fingerprint density at radius 2 is 0.583 bits per heavy atom. The SMILES string of the molecule is CC1C(=O)OC(=O)C1C.CC1C(=O)OC(=O)C1C.CC1C(=O)OC(=O)C1C.CC1C(=O)OC(=O)C1C.CC1C2CC(C1C)C(C(C)(O)CC(=O)OC1(C3CCCCC3)CCCC1)C2.CCC1(OC(=O)CC(C)(O)C2CC3CC2C(C)C3C)C2CC3CC(C2)CC1C3.CCC1(OC(=O)CC(C)(O)C2CC3CC2C(C)C3C)CC2CCC1C2.CCC1(OC(=O)CC(C)(O)C2CC3CC2C(C)C3C)CCCC1. The molecular weight excluding hydrogens is 1770 g/mol. The summed E-state index contributed by atoms with van der Waals surface area (Å²) in [4.78, 5) is 136. The molecule has 21 rings (SSSR count). The third kappa shape index (κ3) is 23.2. The first-order valence-corrected chi connectivity index (χ1v) is 55.9. The molecule has 24 nitrogen and oxygen atoms in total. The predicted octanol–water partition coefficient (Wildman–Crippen LogP) is 21.0. The third-order valence-corrected chi connectivity index (χ3v) is 43.4. The Bertz CT molecular complexity index is 4100. The van der Waals surface area contributed by atoms with Gasteiger partial charge in [-0.05, 0) is 380 Å². The molecule has 21 fully saturated rings. The Balaban J connectivity index is 0.000000140. The molecule has 14 bridgehead atoms. The smallest absolute Gasteiger partial charge is 0.317 e. The lowest BCUT2D eigenvalue weighted by Crippen LogP contribution is -2.59. The van der Waals surface area contributed by atoms with Crippen LogP contribution in [-0.4, -0.2) is 137 Å². The molecule has 0 aromatic carbocycles. The van der Waals surface area contributed by atoms with E-state index in [0.717, 1.165) is 155 Å². The summed E-state index contributed by atoms with van der Waals surface area (Å²) in [5.74, 6) is 10.9. The van der Waals surface area contributed by atoms with Crippen molar-refractivity contribution in [1.82, 2.24) is 0 Å². The molecule has 4 aliphatic heterocycles. The summed E-state index contributed by atoms with van der Waals surface area (Å²) in [6.45, 7) is 46.3. The van der Waals surface area contributed by atoms with Crippen LogP contribution in [0, 0.1) is 207 Å². The fourth-order valence-electron chi connectivity index (χ4n) is 32.7. The highest BCUT2D eigenvalue weighted by Crippen LogP contribution is 2.66. The van der Waals surface area contributed by atoms with Gasteiger partial charge in [-0.3, -0.25) is 57.5 Å². The minimum Gasteiger partial charge on any atom is -0.459 e. The first-order valence-electron chi connectivity index (χ1n) is 55.9. The minimum absolute atomic E-state index is 0.136. The van der Waals surface area contributed by atoms with Gasteiger partial charge in [0.15, 0.2) is 0 Å². The number of hydrogen-bond acceptors (Lipinski definition) is 24. The van der Waals surface area contributed by atoms with Gasteiger partial charge in [0, 0.05) is 0 Å². The van der Waals surface area contributed by atoms with Crippen LogP contribution in [0.5, 0.6) is 0 Å². The van der Waals surface area contributed by atoms with Crippen LogP contribution in [0.2, 0.25) is 0 Å². The molecule has 17 saturated carbocycles. The average Bonchev–Trinajstić information content (AvgIpc) is 1.73. The van der Waals surface area contributed by atoms with E-state index in [0.29, 0.717) is 71.0 Å². The zero-order chi connectivity index (χ0) is 102. The second-order valence-corrected chi connectivity index (χ2v) is 51.1. The van der Waals surface area contributed by atoms with E-state index >= 15 is 0 Å². The molecule has 0 spiro atoms. The summed E-state index contributed by atoms with van der Waals surface area (Å²) < 4.78 is 41.9. The van der Waals surface area contributed by atoms with Crippen LogP contribution in [0.1, 0.15) is 397 Å². The second kappa shape index (κ2) is 43.7. The molecular formula is C115H182O24. The first-order chi connectivity index (χ1) is 65.1. The summed E-state index contributed by atoms with van der Waals surface area (Å²) in [5.41, 5.74) is -4.61. The number of rotatable bonds is 20. The number of cyclic esters (lactones) is 8. The van der Waals surface area contributed by atoms with E-state index in [-0.39, 0.29) is 143 Å². The van der Waals surface area contributed by atoms with E-state index in [1.807, 2.05) is 27.7 Å². The topological polar surface area (TPSA) is 360 Å². The fourth-order valence-corrected chi connectivity index (χ4v) is 32.7. The molecule has 139 heavy (non-hydrogen) atoms. The number of ether oxygens (including phenoxy) is 8. The highest BCUT2D eigenvalue weighted by Gasteiger charge is 2.64. The van der Waals surface area contributed by atoms with E-state index in [4.69, 9.17) is 18.9 Å². The maximum absolute atomic E-state index is 13.1. The standard InChI is InChI=1S/C25H40O3.C24H40O3.C22H36O3.C20H34O3.4C6H8O3/c1-5-25(19-7-16-6-17(9-19)10-20(25)8-16)28-23(26)13-24(4,27)22-12-18-11-21(22)15(3)14(18)2;1-16-17(2)20-13-18(16)14-21(20)23(3,26)15-22(25)27-24(11-7-8-12-24)19-9-5-4-6-10-19;1-5-22(11-15-6-7-17(22)8-15)25-20(23)12-21(4,24)19-10-16-9-18(19)14(3)13(16)2;1-5-20(8-6-7-9-20)23-18(21)12-19(4,22)17-11-15-10-16(17)14(3)13(15)2;4*1-3-4(2)6(8)9-5(3)7/h14-22,27H,5-13H2,1-4H3;16-21,26H,4-15H2,1-3H3;13-19,24H,5-12H2,1-4H3;13-17,22H,5-12H2,1-4H3;4*3-4H,1-2H3. The van der Waals surface area contributed by atoms with E-state index < -0.39 is 70.2 Å². The summed E-state index contributed by atoms with van der Waals surface area (Å²) in [5, 5.41) is 44.8. The van der Waals surface area contributed by atoms with Crippen LogP contribution in [0.25, 0.3) is 0 Å². The van der Waals surface area contributed by atoms with Gasteiger partial charge in [0.25, 0.3) is 0 Å². The largest absolute Gasteiger partial charge is 0.459 e. The van der Waals surface area contributed by atoms with Gasteiger partial charge in [-0.15, -0.1) is 0 Å². The van der Waals surface area contributed by atoms with Crippen LogP contribution in [0.3, 0.4) is 0 Å². The Morgan fingerprint density at radius 3 is 0.835 bits per heavy atom. The lowest BCUT2D eigenvalue weighted by atomic mass is 9.49. The van der Waals surface area contributed by atoms with Crippen molar-refractivity contribution in [3.8, 4) is 0 Å². The summed E-state index contributed by atoms with van der Waals surface area (Å²) in [6.07, 6.45) is 39.0. The second-order valence-electron chi connectivity index (χ2n) is 51.1. The van der Waals surface area contributed by atoms with Gasteiger partial charge < -0.3 is 58.3 Å².